The van der Waals surface area contributed by atoms with Crippen LogP contribution in [-0.4, -0.2) is 76.4 Å². The molecule has 0 bridgehead atoms. The maximum Gasteiger partial charge on any atom is 0.242 e. The van der Waals surface area contributed by atoms with Crippen LogP contribution in [0, 0.1) is 5.82 Å². The van der Waals surface area contributed by atoms with E-state index in [1.807, 2.05) is 18.2 Å². The number of halogens is 1. The van der Waals surface area contributed by atoms with Gasteiger partial charge in [-0.25, -0.2) is 17.1 Å². The quantitative estimate of drug-likeness (QED) is 0.654. The molecule has 1 atom stereocenters. The smallest absolute Gasteiger partial charge is 0.242 e. The van der Waals surface area contributed by atoms with Gasteiger partial charge in [0.25, 0.3) is 0 Å². The summed E-state index contributed by atoms with van der Waals surface area (Å²) in [6, 6.07) is 10.3. The van der Waals surface area contributed by atoms with Crippen molar-refractivity contribution in [1.82, 2.24) is 14.1 Å². The van der Waals surface area contributed by atoms with Gasteiger partial charge in [0.2, 0.25) is 10.0 Å². The predicted molar refractivity (Wildman–Crippen MR) is 123 cm³/mol. The van der Waals surface area contributed by atoms with Crippen molar-refractivity contribution < 1.29 is 12.8 Å². The first-order chi connectivity index (χ1) is 14.8. The highest BCUT2D eigenvalue weighted by Gasteiger charge is 2.29. The number of fused-ring (bicyclic) bond motifs is 2. The van der Waals surface area contributed by atoms with E-state index in [0.29, 0.717) is 4.90 Å². The summed E-state index contributed by atoms with van der Waals surface area (Å²) in [5.74, 6) is -0.172. The van der Waals surface area contributed by atoms with Crippen LogP contribution in [0.5, 0.6) is 0 Å². The minimum absolute atomic E-state index is 0.0663. The van der Waals surface area contributed by atoms with Gasteiger partial charge in [-0.05, 0) is 67.9 Å². The summed E-state index contributed by atoms with van der Waals surface area (Å²) in [7, 11) is 1.75. The topological polar surface area (TPSA) is 43.9 Å². The summed E-state index contributed by atoms with van der Waals surface area (Å²) in [5, 5.41) is 0. The molecule has 5 nitrogen and oxygen atoms in total. The van der Waals surface area contributed by atoms with Gasteiger partial charge < -0.3 is 9.80 Å². The summed E-state index contributed by atoms with van der Waals surface area (Å²) in [6.45, 7) is 5.38. The largest absolute Gasteiger partial charge is 0.304 e. The van der Waals surface area contributed by atoms with E-state index >= 15 is 0 Å². The highest BCUT2D eigenvalue weighted by Crippen LogP contribution is 2.48. The molecule has 8 heteroatoms. The standard InChI is InChI=1S/C23H30FN3O2S2/c1-25(2)31(28,29)18-7-9-22-21(16-18)19(20-8-6-17(24)15-23(20)30-22)5-4-10-27-13-11-26(3)12-14-27/h6-9,15-16,19H,4-5,10-14H2,1-3H3. The molecule has 4 rings (SSSR count). The lowest BCUT2D eigenvalue weighted by molar-refractivity contribution is 0.151. The Morgan fingerprint density at radius 3 is 2.48 bits per heavy atom. The van der Waals surface area contributed by atoms with Gasteiger partial charge in [-0.1, -0.05) is 17.8 Å². The third kappa shape index (κ3) is 4.83. The average molecular weight is 464 g/mol. The second kappa shape index (κ2) is 9.19. The normalized spacial score (nSPS) is 20.0. The lowest BCUT2D eigenvalue weighted by Crippen LogP contribution is -2.44. The molecule has 2 heterocycles. The van der Waals surface area contributed by atoms with Crippen LogP contribution >= 0.6 is 11.8 Å². The molecule has 1 saturated heterocycles. The van der Waals surface area contributed by atoms with Gasteiger partial charge in [-0.2, -0.15) is 0 Å². The number of hydrogen-bond acceptors (Lipinski definition) is 5. The fourth-order valence-electron chi connectivity index (χ4n) is 4.34. The van der Waals surface area contributed by atoms with Crippen LogP contribution in [0.15, 0.2) is 51.1 Å². The van der Waals surface area contributed by atoms with Crippen LogP contribution in [0.3, 0.4) is 0 Å². The van der Waals surface area contributed by atoms with Crippen molar-refractivity contribution in [2.24, 2.45) is 0 Å². The molecule has 1 unspecified atom stereocenters. The second-order valence-corrected chi connectivity index (χ2v) is 11.8. The first kappa shape index (κ1) is 22.7. The average Bonchev–Trinajstić information content (AvgIpc) is 2.74. The van der Waals surface area contributed by atoms with Crippen LogP contribution < -0.4 is 0 Å². The van der Waals surface area contributed by atoms with Gasteiger partial charge in [0.15, 0.2) is 0 Å². The third-order valence-electron chi connectivity index (χ3n) is 6.27. The molecule has 31 heavy (non-hydrogen) atoms. The number of rotatable bonds is 6. The first-order valence-corrected chi connectivity index (χ1v) is 13.0. The Labute approximate surface area is 189 Å². The van der Waals surface area contributed by atoms with Crippen LogP contribution in [0.2, 0.25) is 0 Å². The first-order valence-electron chi connectivity index (χ1n) is 10.7. The van der Waals surface area contributed by atoms with Crippen molar-refractivity contribution in [1.29, 1.82) is 0 Å². The highest BCUT2D eigenvalue weighted by molar-refractivity contribution is 7.99. The number of benzene rings is 2. The van der Waals surface area contributed by atoms with Crippen molar-refractivity contribution >= 4 is 21.8 Å². The maximum absolute atomic E-state index is 13.9. The number of nitrogens with zero attached hydrogens (tertiary/aromatic N) is 3. The lowest BCUT2D eigenvalue weighted by atomic mass is 9.86. The Morgan fingerprint density at radius 2 is 1.77 bits per heavy atom. The minimum atomic E-state index is -3.51. The van der Waals surface area contributed by atoms with Gasteiger partial charge in [0, 0.05) is 56.0 Å². The van der Waals surface area contributed by atoms with E-state index in [2.05, 4.69) is 16.8 Å². The number of likely N-dealkylation sites (N-methyl/N-ethyl adjacent to an activating group) is 1. The van der Waals surface area contributed by atoms with E-state index in [-0.39, 0.29) is 11.7 Å². The van der Waals surface area contributed by atoms with Crippen molar-refractivity contribution in [3.63, 3.8) is 0 Å². The highest BCUT2D eigenvalue weighted by atomic mass is 32.2. The zero-order chi connectivity index (χ0) is 22.2. The molecular weight excluding hydrogens is 433 g/mol. The Hall–Kier alpha value is -1.45. The molecule has 2 aliphatic heterocycles. The summed E-state index contributed by atoms with van der Waals surface area (Å²) in [4.78, 5) is 7.10. The molecular formula is C23H30FN3O2S2. The van der Waals surface area contributed by atoms with E-state index in [9.17, 15) is 12.8 Å². The molecule has 0 radical (unpaired) electrons. The molecule has 0 spiro atoms. The lowest BCUT2D eigenvalue weighted by Gasteiger charge is -2.33. The minimum Gasteiger partial charge on any atom is -0.304 e. The van der Waals surface area contributed by atoms with E-state index in [1.165, 1.54) is 22.1 Å². The monoisotopic (exact) mass is 463 g/mol. The molecule has 2 aromatic carbocycles. The van der Waals surface area contributed by atoms with Gasteiger partial charge >= 0.3 is 0 Å². The van der Waals surface area contributed by atoms with Crippen LogP contribution in [0.1, 0.15) is 29.9 Å². The van der Waals surface area contributed by atoms with Gasteiger partial charge in [0.1, 0.15) is 5.82 Å². The Bertz CT molecular complexity index is 1050. The molecule has 1 fully saturated rings. The zero-order valence-electron chi connectivity index (χ0n) is 18.3. The number of hydrogen-bond donors (Lipinski definition) is 0. The van der Waals surface area contributed by atoms with E-state index < -0.39 is 10.0 Å². The van der Waals surface area contributed by atoms with E-state index in [1.54, 1.807) is 26.2 Å². The van der Waals surface area contributed by atoms with Crippen LogP contribution in [-0.2, 0) is 10.0 Å². The number of piperazine rings is 1. The molecule has 2 aromatic rings. The summed E-state index contributed by atoms with van der Waals surface area (Å²) in [6.07, 6.45) is 1.92. The summed E-state index contributed by atoms with van der Waals surface area (Å²) >= 11 is 1.53. The Morgan fingerprint density at radius 1 is 1.03 bits per heavy atom. The van der Waals surface area contributed by atoms with Crippen LogP contribution in [0.25, 0.3) is 0 Å². The molecule has 0 amide bonds. The zero-order valence-corrected chi connectivity index (χ0v) is 20.0. The third-order valence-corrected chi connectivity index (χ3v) is 9.25. The molecule has 0 N–H and O–H groups in total. The summed E-state index contributed by atoms with van der Waals surface area (Å²) in [5.41, 5.74) is 2.13. The number of sulfonamides is 1. The molecule has 2 aliphatic rings. The molecule has 0 aromatic heterocycles. The van der Waals surface area contributed by atoms with Crippen LogP contribution in [0.4, 0.5) is 4.39 Å². The van der Waals surface area contributed by atoms with Crippen molar-refractivity contribution in [2.45, 2.75) is 33.4 Å². The fourth-order valence-corrected chi connectivity index (χ4v) is 6.46. The SMILES string of the molecule is CN1CCN(CCCC2c3ccc(F)cc3Sc3ccc(S(=O)(=O)N(C)C)cc32)CC1. The van der Waals surface area contributed by atoms with Gasteiger partial charge in [-0.3, -0.25) is 0 Å². The Balaban J connectivity index is 1.61. The second-order valence-electron chi connectivity index (χ2n) is 8.61. The fraction of sp³-hybridized carbons (Fsp3) is 0.478. The van der Waals surface area contributed by atoms with E-state index in [4.69, 9.17) is 0 Å². The summed E-state index contributed by atoms with van der Waals surface area (Å²) < 4.78 is 40.6. The van der Waals surface area contributed by atoms with Crippen molar-refractivity contribution in [3.8, 4) is 0 Å². The molecule has 0 saturated carbocycles. The molecule has 168 valence electrons. The van der Waals surface area contributed by atoms with Crippen molar-refractivity contribution in [3.05, 3.63) is 53.3 Å². The molecule has 0 aliphatic carbocycles. The van der Waals surface area contributed by atoms with Gasteiger partial charge in [0.05, 0.1) is 4.90 Å². The van der Waals surface area contributed by atoms with E-state index in [0.717, 1.165) is 66.5 Å². The van der Waals surface area contributed by atoms with Gasteiger partial charge in [-0.15, -0.1) is 0 Å². The maximum atomic E-state index is 13.9. The Kier molecular flexibility index (Phi) is 6.74. The van der Waals surface area contributed by atoms with Crippen molar-refractivity contribution in [2.75, 3.05) is 53.9 Å². The predicted octanol–water partition coefficient (Wildman–Crippen LogP) is 3.70.